The van der Waals surface area contributed by atoms with Crippen molar-refractivity contribution in [1.29, 1.82) is 0 Å². The molecule has 3 N–H and O–H groups in total. The zero-order chi connectivity index (χ0) is 27.0. The van der Waals surface area contributed by atoms with E-state index >= 15 is 0 Å². The number of nitrogens with one attached hydrogen (secondary N) is 1. The first kappa shape index (κ1) is 25.3. The van der Waals surface area contributed by atoms with E-state index in [9.17, 15) is 19.8 Å². The van der Waals surface area contributed by atoms with Crippen LogP contribution in [0.25, 0.3) is 16.9 Å². The molecule has 196 valence electrons. The van der Waals surface area contributed by atoms with Crippen molar-refractivity contribution >= 4 is 28.6 Å². The molecule has 0 aliphatic carbocycles. The Hall–Kier alpha value is -4.35. The number of fused-ring (bicyclic) bond motifs is 2. The summed E-state index contributed by atoms with van der Waals surface area (Å²) < 4.78 is 3.07. The first-order valence-corrected chi connectivity index (χ1v) is 12.3. The number of anilines is 2. The first-order chi connectivity index (χ1) is 18.2. The number of aliphatic hydroxyl groups excluding tert-OH is 1. The largest absolute Gasteiger partial charge is 0.387 e. The van der Waals surface area contributed by atoms with Crippen LogP contribution in [-0.4, -0.2) is 58.5 Å². The molecule has 1 aliphatic rings. The molecule has 1 aliphatic heterocycles. The van der Waals surface area contributed by atoms with E-state index in [1.165, 1.54) is 10.9 Å². The second-order valence-electron chi connectivity index (χ2n) is 9.69. The molecule has 0 saturated heterocycles. The summed E-state index contributed by atoms with van der Waals surface area (Å²) in [5, 5.41) is 23.2. The molecule has 0 saturated carbocycles. The molecule has 11 heteroatoms. The number of allylic oxidation sites excluding steroid dienone is 1. The number of aromatic nitrogens is 5. The van der Waals surface area contributed by atoms with Crippen molar-refractivity contribution in [3.8, 4) is 5.82 Å². The average Bonchev–Trinajstić information content (AvgIpc) is 3.18. The average molecular weight is 516 g/mol. The predicted octanol–water partition coefficient (Wildman–Crippen LogP) is 2.01. The predicted molar refractivity (Wildman–Crippen MR) is 142 cm³/mol. The lowest BCUT2D eigenvalue weighted by Gasteiger charge is -2.28. The fourth-order valence-electron chi connectivity index (χ4n) is 4.57. The lowest BCUT2D eigenvalue weighted by atomic mass is 9.99. The standard InChI is InChI=1S/C27H29N7O4/c1-4-11-33-25(37)20-14-28-26(31-24(20)34(33)22-7-5-6-21(30-22)27(2,3)38)29-19-9-8-17-10-12-32(23(36)16-35)15-18(17)13-19/h4-9,13-14,35,38H,1,10-12,15-16H2,2-3H3,(H,28,29,31). The van der Waals surface area contributed by atoms with Crippen molar-refractivity contribution < 1.29 is 15.0 Å². The summed E-state index contributed by atoms with van der Waals surface area (Å²) in [5.41, 5.74) is 2.19. The third-order valence-electron chi connectivity index (χ3n) is 6.52. The topological polar surface area (TPSA) is 138 Å². The van der Waals surface area contributed by atoms with Gasteiger partial charge in [-0.05, 0) is 55.7 Å². The van der Waals surface area contributed by atoms with Gasteiger partial charge in [-0.15, -0.1) is 6.58 Å². The van der Waals surface area contributed by atoms with Crippen LogP contribution in [0.3, 0.4) is 0 Å². The number of hydrogen-bond donors (Lipinski definition) is 3. The zero-order valence-electron chi connectivity index (χ0n) is 21.3. The number of carbonyl (C=O) groups is 1. The zero-order valence-corrected chi connectivity index (χ0v) is 21.3. The third kappa shape index (κ3) is 4.69. The summed E-state index contributed by atoms with van der Waals surface area (Å²) in [4.78, 5) is 40.4. The number of hydrogen-bond acceptors (Lipinski definition) is 8. The van der Waals surface area contributed by atoms with Gasteiger partial charge in [-0.2, -0.15) is 4.98 Å². The first-order valence-electron chi connectivity index (χ1n) is 12.3. The summed E-state index contributed by atoms with van der Waals surface area (Å²) in [6, 6.07) is 11.1. The van der Waals surface area contributed by atoms with Gasteiger partial charge in [0.25, 0.3) is 5.56 Å². The molecule has 3 aromatic heterocycles. The Labute approximate surface area is 218 Å². The molecule has 0 fully saturated rings. The third-order valence-corrected chi connectivity index (χ3v) is 6.52. The van der Waals surface area contributed by atoms with Crippen molar-refractivity contribution in [3.05, 3.63) is 82.4 Å². The number of benzene rings is 1. The normalized spacial score (nSPS) is 13.4. The quantitative estimate of drug-likeness (QED) is 0.318. The van der Waals surface area contributed by atoms with Gasteiger partial charge < -0.3 is 20.4 Å². The van der Waals surface area contributed by atoms with Crippen molar-refractivity contribution in [2.75, 3.05) is 18.5 Å². The summed E-state index contributed by atoms with van der Waals surface area (Å²) in [5.74, 6) is 0.400. The maximum Gasteiger partial charge on any atom is 0.278 e. The summed E-state index contributed by atoms with van der Waals surface area (Å²) >= 11 is 0. The molecule has 5 rings (SSSR count). The molecule has 1 amide bonds. The van der Waals surface area contributed by atoms with E-state index in [2.05, 4.69) is 26.8 Å². The smallest absolute Gasteiger partial charge is 0.278 e. The highest BCUT2D eigenvalue weighted by Crippen LogP contribution is 2.25. The van der Waals surface area contributed by atoms with Crippen molar-refractivity contribution in [1.82, 2.24) is 29.2 Å². The SMILES string of the molecule is C=CCn1c(=O)c2cnc(Nc3ccc4c(c3)CN(C(=O)CO)CC4)nc2n1-c1cccc(C(C)(C)O)n1. The van der Waals surface area contributed by atoms with Crippen LogP contribution in [0, 0.1) is 0 Å². The molecule has 38 heavy (non-hydrogen) atoms. The highest BCUT2D eigenvalue weighted by Gasteiger charge is 2.23. The van der Waals surface area contributed by atoms with E-state index in [0.29, 0.717) is 42.1 Å². The second-order valence-corrected chi connectivity index (χ2v) is 9.69. The molecule has 4 heterocycles. The van der Waals surface area contributed by atoms with E-state index in [1.807, 2.05) is 18.2 Å². The Morgan fingerprint density at radius 3 is 2.76 bits per heavy atom. The van der Waals surface area contributed by atoms with Gasteiger partial charge in [0, 0.05) is 25.0 Å². The van der Waals surface area contributed by atoms with Gasteiger partial charge in [0.15, 0.2) is 11.5 Å². The molecule has 1 aromatic carbocycles. The van der Waals surface area contributed by atoms with Crippen LogP contribution in [0.4, 0.5) is 11.6 Å². The highest BCUT2D eigenvalue weighted by molar-refractivity contribution is 5.78. The Balaban J connectivity index is 1.55. The van der Waals surface area contributed by atoms with Crippen LogP contribution in [-0.2, 0) is 29.9 Å². The lowest BCUT2D eigenvalue weighted by Crippen LogP contribution is -2.37. The second kappa shape index (κ2) is 9.84. The Morgan fingerprint density at radius 1 is 1.21 bits per heavy atom. The van der Waals surface area contributed by atoms with Crippen LogP contribution in [0.15, 0.2) is 60.0 Å². The molecule has 0 radical (unpaired) electrons. The van der Waals surface area contributed by atoms with Gasteiger partial charge >= 0.3 is 0 Å². The Bertz CT molecular complexity index is 1600. The van der Waals surface area contributed by atoms with Crippen molar-refractivity contribution in [3.63, 3.8) is 0 Å². The van der Waals surface area contributed by atoms with Crippen LogP contribution < -0.4 is 10.9 Å². The van der Waals surface area contributed by atoms with Gasteiger partial charge in [0.2, 0.25) is 11.9 Å². The van der Waals surface area contributed by atoms with E-state index in [0.717, 1.165) is 16.8 Å². The van der Waals surface area contributed by atoms with Crippen molar-refractivity contribution in [2.24, 2.45) is 0 Å². The highest BCUT2D eigenvalue weighted by atomic mass is 16.3. The van der Waals surface area contributed by atoms with Crippen LogP contribution in [0.5, 0.6) is 0 Å². The molecule has 11 nitrogen and oxygen atoms in total. The van der Waals surface area contributed by atoms with Crippen LogP contribution in [0.2, 0.25) is 0 Å². The van der Waals surface area contributed by atoms with Crippen LogP contribution in [0.1, 0.15) is 30.7 Å². The van der Waals surface area contributed by atoms with E-state index in [-0.39, 0.29) is 24.0 Å². The minimum atomic E-state index is -1.17. The van der Waals surface area contributed by atoms with E-state index < -0.39 is 12.2 Å². The summed E-state index contributed by atoms with van der Waals surface area (Å²) in [6.45, 7) is 7.75. The number of nitrogens with zero attached hydrogens (tertiary/aromatic N) is 6. The molecule has 0 spiro atoms. The molecule has 0 atom stereocenters. The number of amides is 1. The van der Waals surface area contributed by atoms with Crippen LogP contribution >= 0.6 is 0 Å². The summed E-state index contributed by atoms with van der Waals surface area (Å²) in [7, 11) is 0. The van der Waals surface area contributed by atoms with Crippen molar-refractivity contribution in [2.45, 2.75) is 39.0 Å². The number of pyridine rings is 1. The van der Waals surface area contributed by atoms with Gasteiger partial charge in [-0.3, -0.25) is 9.59 Å². The maximum absolute atomic E-state index is 13.2. The minimum Gasteiger partial charge on any atom is -0.387 e. The number of rotatable bonds is 7. The molecule has 0 unspecified atom stereocenters. The Morgan fingerprint density at radius 2 is 2.03 bits per heavy atom. The van der Waals surface area contributed by atoms with Gasteiger partial charge in [-0.1, -0.05) is 18.2 Å². The fraction of sp³-hybridized carbons (Fsp3) is 0.296. The molecule has 0 bridgehead atoms. The van der Waals surface area contributed by atoms with E-state index in [1.54, 1.807) is 47.7 Å². The lowest BCUT2D eigenvalue weighted by molar-refractivity contribution is -0.135. The van der Waals surface area contributed by atoms with Gasteiger partial charge in [0.05, 0.1) is 12.2 Å². The maximum atomic E-state index is 13.2. The molecule has 4 aromatic rings. The fourth-order valence-corrected chi connectivity index (χ4v) is 4.57. The van der Waals surface area contributed by atoms with Gasteiger partial charge in [0.1, 0.15) is 17.6 Å². The molecular weight excluding hydrogens is 486 g/mol. The minimum absolute atomic E-state index is 0.222. The van der Waals surface area contributed by atoms with Gasteiger partial charge in [-0.25, -0.2) is 19.3 Å². The number of carbonyl (C=O) groups excluding carboxylic acids is 1. The Kier molecular flexibility index (Phi) is 6.55. The monoisotopic (exact) mass is 515 g/mol. The summed E-state index contributed by atoms with van der Waals surface area (Å²) in [6.07, 6.45) is 3.80. The molecular formula is C27H29N7O4. The number of aliphatic hydroxyl groups is 2. The van der Waals surface area contributed by atoms with E-state index in [4.69, 9.17) is 0 Å².